The van der Waals surface area contributed by atoms with Gasteiger partial charge >= 0.3 is 12.0 Å². The van der Waals surface area contributed by atoms with Crippen LogP contribution >= 0.6 is 0 Å². The predicted molar refractivity (Wildman–Crippen MR) is 91.4 cm³/mol. The molecule has 24 heavy (non-hydrogen) atoms. The van der Waals surface area contributed by atoms with Gasteiger partial charge in [-0.1, -0.05) is 38.1 Å². The van der Waals surface area contributed by atoms with E-state index in [0.29, 0.717) is 25.4 Å². The quantitative estimate of drug-likeness (QED) is 0.848. The topological polar surface area (TPSA) is 58.6 Å². The summed E-state index contributed by atoms with van der Waals surface area (Å²) in [6.45, 7) is 5.37. The Hall–Kier alpha value is -2.04. The molecule has 1 aromatic rings. The van der Waals surface area contributed by atoms with E-state index >= 15 is 0 Å². The van der Waals surface area contributed by atoms with Gasteiger partial charge in [-0.15, -0.1) is 0 Å². The van der Waals surface area contributed by atoms with Crippen LogP contribution in [-0.4, -0.2) is 37.1 Å². The fraction of sp³-hybridized carbons (Fsp3) is 0.579. The van der Waals surface area contributed by atoms with Gasteiger partial charge in [-0.25, -0.2) is 4.79 Å². The number of piperidine rings is 1. The SMILES string of the molecule is COC(=O)[C@@H]1CCN(C(=O)N[C@@H]2c3ccccc3C[C@@H]2C)C[C@@H]1C. The summed E-state index contributed by atoms with van der Waals surface area (Å²) in [4.78, 5) is 26.3. The smallest absolute Gasteiger partial charge is 0.317 e. The molecule has 0 aromatic heterocycles. The van der Waals surface area contributed by atoms with Crippen LogP contribution in [0.4, 0.5) is 4.79 Å². The molecule has 2 amide bonds. The molecule has 3 rings (SSSR count). The van der Waals surface area contributed by atoms with Gasteiger partial charge in [0.1, 0.15) is 0 Å². The molecular weight excluding hydrogens is 304 g/mol. The van der Waals surface area contributed by atoms with Crippen LogP contribution < -0.4 is 5.32 Å². The van der Waals surface area contributed by atoms with Gasteiger partial charge in [-0.2, -0.15) is 0 Å². The minimum Gasteiger partial charge on any atom is -0.469 e. The van der Waals surface area contributed by atoms with Crippen LogP contribution in [0.25, 0.3) is 0 Å². The highest BCUT2D eigenvalue weighted by atomic mass is 16.5. The van der Waals surface area contributed by atoms with E-state index in [4.69, 9.17) is 4.74 Å². The van der Waals surface area contributed by atoms with Gasteiger partial charge in [0.15, 0.2) is 0 Å². The number of rotatable bonds is 2. The highest BCUT2D eigenvalue weighted by Gasteiger charge is 2.36. The number of hydrogen-bond acceptors (Lipinski definition) is 3. The molecule has 0 bridgehead atoms. The van der Waals surface area contributed by atoms with E-state index in [-0.39, 0.29) is 29.9 Å². The molecular formula is C19H26N2O3. The lowest BCUT2D eigenvalue weighted by Gasteiger charge is -2.36. The molecule has 1 aromatic carbocycles. The van der Waals surface area contributed by atoms with Crippen molar-refractivity contribution in [3.05, 3.63) is 35.4 Å². The van der Waals surface area contributed by atoms with Gasteiger partial charge in [0.05, 0.1) is 19.1 Å². The Bertz CT molecular complexity index is 631. The molecule has 0 saturated carbocycles. The summed E-state index contributed by atoms with van der Waals surface area (Å²) in [6.07, 6.45) is 1.67. The Morgan fingerprint density at radius 2 is 1.96 bits per heavy atom. The zero-order chi connectivity index (χ0) is 17.3. The van der Waals surface area contributed by atoms with Gasteiger partial charge in [0.2, 0.25) is 0 Å². The zero-order valence-electron chi connectivity index (χ0n) is 14.6. The Morgan fingerprint density at radius 3 is 2.67 bits per heavy atom. The van der Waals surface area contributed by atoms with Gasteiger partial charge in [0.25, 0.3) is 0 Å². The van der Waals surface area contributed by atoms with E-state index in [2.05, 4.69) is 30.4 Å². The first kappa shape index (κ1) is 16.8. The molecule has 1 aliphatic heterocycles. The summed E-state index contributed by atoms with van der Waals surface area (Å²) >= 11 is 0. The first-order chi connectivity index (χ1) is 11.5. The van der Waals surface area contributed by atoms with Crippen LogP contribution in [0.15, 0.2) is 24.3 Å². The third kappa shape index (κ3) is 3.12. The number of hydrogen-bond donors (Lipinski definition) is 1. The average molecular weight is 330 g/mol. The third-order valence-electron chi connectivity index (χ3n) is 5.48. The lowest BCUT2D eigenvalue weighted by molar-refractivity contribution is -0.148. The molecule has 0 radical (unpaired) electrons. The lowest BCUT2D eigenvalue weighted by Crippen LogP contribution is -2.50. The van der Waals surface area contributed by atoms with Crippen molar-refractivity contribution < 1.29 is 14.3 Å². The number of fused-ring (bicyclic) bond motifs is 1. The second-order valence-corrected chi connectivity index (χ2v) is 7.15. The van der Waals surface area contributed by atoms with Crippen LogP contribution in [0.1, 0.15) is 37.4 Å². The second-order valence-electron chi connectivity index (χ2n) is 7.15. The maximum atomic E-state index is 12.7. The zero-order valence-corrected chi connectivity index (χ0v) is 14.6. The normalized spacial score (nSPS) is 29.0. The summed E-state index contributed by atoms with van der Waals surface area (Å²) in [6, 6.07) is 8.37. The van der Waals surface area contributed by atoms with Crippen LogP contribution in [0, 0.1) is 17.8 Å². The molecule has 0 unspecified atom stereocenters. The summed E-state index contributed by atoms with van der Waals surface area (Å²) in [5, 5.41) is 3.20. The summed E-state index contributed by atoms with van der Waals surface area (Å²) in [5.41, 5.74) is 2.56. The number of carbonyl (C=O) groups is 2. The van der Waals surface area contributed by atoms with Crippen molar-refractivity contribution in [2.24, 2.45) is 17.8 Å². The number of nitrogens with one attached hydrogen (secondary N) is 1. The maximum absolute atomic E-state index is 12.7. The van der Waals surface area contributed by atoms with E-state index in [1.165, 1.54) is 18.2 Å². The summed E-state index contributed by atoms with van der Waals surface area (Å²) < 4.78 is 4.86. The third-order valence-corrected chi connectivity index (χ3v) is 5.48. The van der Waals surface area contributed by atoms with Crippen molar-refractivity contribution in [1.82, 2.24) is 10.2 Å². The van der Waals surface area contributed by atoms with E-state index in [0.717, 1.165) is 6.42 Å². The van der Waals surface area contributed by atoms with Crippen molar-refractivity contribution in [3.8, 4) is 0 Å². The highest BCUT2D eigenvalue weighted by molar-refractivity contribution is 5.76. The molecule has 1 N–H and O–H groups in total. The molecule has 1 fully saturated rings. The minimum absolute atomic E-state index is 0.0290. The molecule has 1 heterocycles. The Labute approximate surface area is 143 Å². The van der Waals surface area contributed by atoms with Crippen molar-refractivity contribution in [3.63, 3.8) is 0 Å². The minimum atomic E-state index is -0.166. The molecule has 4 atom stereocenters. The standard InChI is InChI=1S/C19H26N2O3/c1-12-10-14-6-4-5-7-16(14)17(12)20-19(23)21-9-8-15(13(2)11-21)18(22)24-3/h4-7,12-13,15,17H,8-11H2,1-3H3,(H,20,23)/t12-,13-,15+,17-/m0/s1. The van der Waals surface area contributed by atoms with Crippen molar-refractivity contribution >= 4 is 12.0 Å². The number of ether oxygens (including phenoxy) is 1. The van der Waals surface area contributed by atoms with Crippen molar-refractivity contribution in [1.29, 1.82) is 0 Å². The Balaban J connectivity index is 1.63. The molecule has 5 heteroatoms. The van der Waals surface area contributed by atoms with Gasteiger partial charge in [-0.05, 0) is 35.8 Å². The summed E-state index contributed by atoms with van der Waals surface area (Å²) in [7, 11) is 1.42. The maximum Gasteiger partial charge on any atom is 0.317 e. The number of nitrogens with zero attached hydrogens (tertiary/aromatic N) is 1. The number of amides is 2. The van der Waals surface area contributed by atoms with E-state index < -0.39 is 0 Å². The molecule has 130 valence electrons. The van der Waals surface area contributed by atoms with Crippen LogP contribution in [-0.2, 0) is 16.0 Å². The summed E-state index contributed by atoms with van der Waals surface area (Å²) in [5.74, 6) is 0.243. The number of benzene rings is 1. The van der Waals surface area contributed by atoms with Crippen molar-refractivity contribution in [2.75, 3.05) is 20.2 Å². The molecule has 1 saturated heterocycles. The first-order valence-electron chi connectivity index (χ1n) is 8.72. The number of methoxy groups -OCH3 is 1. The van der Waals surface area contributed by atoms with Crippen LogP contribution in [0.2, 0.25) is 0 Å². The van der Waals surface area contributed by atoms with Crippen LogP contribution in [0.5, 0.6) is 0 Å². The molecule has 2 aliphatic rings. The van der Waals surface area contributed by atoms with Gasteiger partial charge in [-0.3, -0.25) is 4.79 Å². The van der Waals surface area contributed by atoms with Gasteiger partial charge in [0, 0.05) is 13.1 Å². The van der Waals surface area contributed by atoms with Gasteiger partial charge < -0.3 is 15.0 Å². The number of likely N-dealkylation sites (tertiary alicyclic amines) is 1. The Morgan fingerprint density at radius 1 is 1.21 bits per heavy atom. The monoisotopic (exact) mass is 330 g/mol. The fourth-order valence-electron chi connectivity index (χ4n) is 4.07. The Kier molecular flexibility index (Phi) is 4.78. The van der Waals surface area contributed by atoms with Crippen molar-refractivity contribution in [2.45, 2.75) is 32.7 Å². The first-order valence-corrected chi connectivity index (χ1v) is 8.72. The lowest BCUT2D eigenvalue weighted by atomic mass is 9.87. The van der Waals surface area contributed by atoms with E-state index in [1.54, 1.807) is 0 Å². The fourth-order valence-corrected chi connectivity index (χ4v) is 4.07. The molecule has 0 spiro atoms. The number of carbonyl (C=O) groups excluding carboxylic acids is 2. The van der Waals surface area contributed by atoms with Crippen LogP contribution in [0.3, 0.4) is 0 Å². The predicted octanol–water partition coefficient (Wildman–Crippen LogP) is 2.76. The van der Waals surface area contributed by atoms with E-state index in [1.807, 2.05) is 17.9 Å². The second kappa shape index (κ2) is 6.83. The molecule has 5 nitrogen and oxygen atoms in total. The largest absolute Gasteiger partial charge is 0.469 e. The average Bonchev–Trinajstić information content (AvgIpc) is 2.89. The highest BCUT2D eigenvalue weighted by Crippen LogP contribution is 2.36. The number of esters is 1. The van der Waals surface area contributed by atoms with E-state index in [9.17, 15) is 9.59 Å². The number of urea groups is 1. The molecule has 1 aliphatic carbocycles.